The van der Waals surface area contributed by atoms with E-state index in [2.05, 4.69) is 48.1 Å². The van der Waals surface area contributed by atoms with Crippen LogP contribution < -0.4 is 4.74 Å². The number of hydrogen-bond donors (Lipinski definition) is 0. The van der Waals surface area contributed by atoms with Gasteiger partial charge in [0.25, 0.3) is 0 Å². The van der Waals surface area contributed by atoms with Gasteiger partial charge in [-0.05, 0) is 80.2 Å². The number of allylic oxidation sites excluding steroid dienone is 1. The Hall–Kier alpha value is -2.16. The van der Waals surface area contributed by atoms with E-state index in [1.54, 1.807) is 0 Å². The molecule has 35 heavy (non-hydrogen) atoms. The van der Waals surface area contributed by atoms with Crippen molar-refractivity contribution in [1.29, 1.82) is 0 Å². The number of aryl methyl sites for hydroxylation is 1. The first kappa shape index (κ1) is 27.4. The summed E-state index contributed by atoms with van der Waals surface area (Å²) < 4.78 is 5.95. The summed E-state index contributed by atoms with van der Waals surface area (Å²) in [5.74, 6) is 3.40. The Kier molecular flexibility index (Phi) is 12.9. The number of benzene rings is 1. The smallest absolute Gasteiger partial charge is 0.159 e. The third-order valence-electron chi connectivity index (χ3n) is 7.50. The van der Waals surface area contributed by atoms with Crippen molar-refractivity contribution in [3.05, 3.63) is 54.4 Å². The third-order valence-corrected chi connectivity index (χ3v) is 7.50. The van der Waals surface area contributed by atoms with E-state index < -0.39 is 0 Å². The molecule has 0 spiro atoms. The summed E-state index contributed by atoms with van der Waals surface area (Å²) in [7, 11) is 0. The molecule has 3 rings (SSSR count). The molecule has 0 bridgehead atoms. The van der Waals surface area contributed by atoms with Crippen molar-refractivity contribution in [2.24, 2.45) is 11.8 Å². The van der Waals surface area contributed by atoms with E-state index >= 15 is 0 Å². The van der Waals surface area contributed by atoms with Gasteiger partial charge < -0.3 is 4.74 Å². The molecule has 2 aromatic rings. The monoisotopic (exact) mass is 476 g/mol. The van der Waals surface area contributed by atoms with E-state index in [-0.39, 0.29) is 0 Å². The van der Waals surface area contributed by atoms with E-state index in [9.17, 15) is 0 Å². The standard InChI is InChI=1S/C32H48N2O/c1-3-5-7-8-9-11-14-29-25-33-32(34-26-29)30-20-22-31(23-21-30)35-24-12-15-28-18-16-27(17-19-28)13-10-6-4-2/h12,15,20-23,25-28H,3-11,13-14,16-19,24H2,1-2H3. The number of rotatable bonds is 16. The lowest BCUT2D eigenvalue weighted by Crippen LogP contribution is -2.13. The van der Waals surface area contributed by atoms with Crippen LogP contribution in [0.4, 0.5) is 0 Å². The Morgan fingerprint density at radius 3 is 2.17 bits per heavy atom. The molecule has 0 unspecified atom stereocenters. The maximum Gasteiger partial charge on any atom is 0.159 e. The Morgan fingerprint density at radius 1 is 0.800 bits per heavy atom. The zero-order chi connectivity index (χ0) is 24.6. The number of aromatic nitrogens is 2. The first-order valence-electron chi connectivity index (χ1n) is 14.5. The van der Waals surface area contributed by atoms with Gasteiger partial charge in [-0.15, -0.1) is 0 Å². The first-order chi connectivity index (χ1) is 17.3. The van der Waals surface area contributed by atoms with Gasteiger partial charge in [-0.3, -0.25) is 0 Å². The second-order valence-corrected chi connectivity index (χ2v) is 10.5. The summed E-state index contributed by atoms with van der Waals surface area (Å²) in [6.45, 7) is 5.20. The van der Waals surface area contributed by atoms with E-state index in [4.69, 9.17) is 4.74 Å². The summed E-state index contributed by atoms with van der Waals surface area (Å²) in [4.78, 5) is 9.19. The number of nitrogens with zero attached hydrogens (tertiary/aromatic N) is 2. The van der Waals surface area contributed by atoms with Crippen molar-refractivity contribution in [3.8, 4) is 17.1 Å². The highest BCUT2D eigenvalue weighted by Gasteiger charge is 2.18. The van der Waals surface area contributed by atoms with Gasteiger partial charge in [0, 0.05) is 18.0 Å². The molecule has 1 saturated carbocycles. The van der Waals surface area contributed by atoms with Crippen LogP contribution >= 0.6 is 0 Å². The van der Waals surface area contributed by atoms with Crippen LogP contribution in [0.1, 0.15) is 109 Å². The van der Waals surface area contributed by atoms with Crippen LogP contribution in [0.2, 0.25) is 0 Å². The van der Waals surface area contributed by atoms with Crippen LogP contribution in [-0.2, 0) is 6.42 Å². The molecule has 0 atom stereocenters. The average molecular weight is 477 g/mol. The fourth-order valence-electron chi connectivity index (χ4n) is 5.19. The Bertz CT molecular complexity index is 820. The minimum absolute atomic E-state index is 0.638. The van der Waals surface area contributed by atoms with Crippen molar-refractivity contribution < 1.29 is 4.74 Å². The van der Waals surface area contributed by atoms with Crippen LogP contribution in [-0.4, -0.2) is 16.6 Å². The summed E-state index contributed by atoms with van der Waals surface area (Å²) in [6, 6.07) is 8.17. The molecule has 0 N–H and O–H groups in total. The van der Waals surface area contributed by atoms with E-state index in [1.165, 1.54) is 95.5 Å². The largest absolute Gasteiger partial charge is 0.490 e. The zero-order valence-corrected chi connectivity index (χ0v) is 22.4. The van der Waals surface area contributed by atoms with E-state index in [0.717, 1.165) is 35.4 Å². The predicted molar refractivity (Wildman–Crippen MR) is 149 cm³/mol. The molecule has 192 valence electrons. The molecule has 1 aliphatic carbocycles. The Balaban J connectivity index is 1.33. The SMILES string of the molecule is CCCCCCCCc1cnc(-c2ccc(OCC=CC3CCC(CCCCC)CC3)cc2)nc1. The van der Waals surface area contributed by atoms with Crippen LogP contribution in [0.15, 0.2) is 48.8 Å². The summed E-state index contributed by atoms with van der Waals surface area (Å²) in [6.07, 6.45) is 28.7. The van der Waals surface area contributed by atoms with Crippen molar-refractivity contribution in [2.45, 2.75) is 110 Å². The normalized spacial score (nSPS) is 18.2. The maximum atomic E-state index is 5.95. The van der Waals surface area contributed by atoms with Crippen LogP contribution in [0.3, 0.4) is 0 Å². The lowest BCUT2D eigenvalue weighted by Gasteiger charge is -2.26. The third kappa shape index (κ3) is 10.5. The van der Waals surface area contributed by atoms with Gasteiger partial charge in [0.05, 0.1) is 0 Å². The number of hydrogen-bond acceptors (Lipinski definition) is 3. The maximum absolute atomic E-state index is 5.95. The molecule has 3 heteroatoms. The lowest BCUT2D eigenvalue weighted by atomic mass is 9.79. The second kappa shape index (κ2) is 16.5. The van der Waals surface area contributed by atoms with Gasteiger partial charge in [0.1, 0.15) is 12.4 Å². The van der Waals surface area contributed by atoms with Crippen LogP contribution in [0.25, 0.3) is 11.4 Å². The predicted octanol–water partition coefficient (Wildman–Crippen LogP) is 9.37. The van der Waals surface area contributed by atoms with Gasteiger partial charge in [0.15, 0.2) is 5.82 Å². The summed E-state index contributed by atoms with van der Waals surface area (Å²) in [5.41, 5.74) is 2.27. The van der Waals surface area contributed by atoms with E-state index in [0.29, 0.717) is 6.61 Å². The number of ether oxygens (including phenoxy) is 1. The van der Waals surface area contributed by atoms with Crippen molar-refractivity contribution in [2.75, 3.05) is 6.61 Å². The van der Waals surface area contributed by atoms with Crippen LogP contribution in [0.5, 0.6) is 5.75 Å². The highest BCUT2D eigenvalue weighted by molar-refractivity contribution is 5.55. The van der Waals surface area contributed by atoms with Crippen molar-refractivity contribution in [3.63, 3.8) is 0 Å². The molecule has 1 fully saturated rings. The topological polar surface area (TPSA) is 35.0 Å². The molecule has 0 amide bonds. The van der Waals surface area contributed by atoms with Crippen LogP contribution in [0, 0.1) is 11.8 Å². The fraction of sp³-hybridized carbons (Fsp3) is 0.625. The molecule has 1 aromatic carbocycles. The Morgan fingerprint density at radius 2 is 1.46 bits per heavy atom. The Labute approximate surface area is 214 Å². The highest BCUT2D eigenvalue weighted by atomic mass is 16.5. The zero-order valence-electron chi connectivity index (χ0n) is 22.4. The lowest BCUT2D eigenvalue weighted by molar-refractivity contribution is 0.288. The molecular formula is C32H48N2O. The molecule has 3 nitrogen and oxygen atoms in total. The summed E-state index contributed by atoms with van der Waals surface area (Å²) in [5, 5.41) is 0. The van der Waals surface area contributed by atoms with E-state index in [1.807, 2.05) is 24.5 Å². The summed E-state index contributed by atoms with van der Waals surface area (Å²) >= 11 is 0. The average Bonchev–Trinajstić information content (AvgIpc) is 2.90. The van der Waals surface area contributed by atoms with Gasteiger partial charge in [0.2, 0.25) is 0 Å². The van der Waals surface area contributed by atoms with Crippen molar-refractivity contribution >= 4 is 0 Å². The van der Waals surface area contributed by atoms with Gasteiger partial charge >= 0.3 is 0 Å². The first-order valence-corrected chi connectivity index (χ1v) is 14.5. The van der Waals surface area contributed by atoms with Gasteiger partial charge in [-0.1, -0.05) is 83.8 Å². The molecular weight excluding hydrogens is 428 g/mol. The highest BCUT2D eigenvalue weighted by Crippen LogP contribution is 2.32. The van der Waals surface area contributed by atoms with Gasteiger partial charge in [-0.2, -0.15) is 0 Å². The second-order valence-electron chi connectivity index (χ2n) is 10.5. The molecule has 1 aromatic heterocycles. The minimum Gasteiger partial charge on any atom is -0.490 e. The molecule has 0 saturated heterocycles. The molecule has 0 aliphatic heterocycles. The molecule has 0 radical (unpaired) electrons. The fourth-order valence-corrected chi connectivity index (χ4v) is 5.19. The molecule has 1 heterocycles. The van der Waals surface area contributed by atoms with Crippen molar-refractivity contribution in [1.82, 2.24) is 9.97 Å². The minimum atomic E-state index is 0.638. The molecule has 1 aliphatic rings. The number of unbranched alkanes of at least 4 members (excludes halogenated alkanes) is 7. The van der Waals surface area contributed by atoms with Gasteiger partial charge in [-0.25, -0.2) is 9.97 Å². The quantitative estimate of drug-likeness (QED) is 0.179.